The van der Waals surface area contributed by atoms with Gasteiger partial charge in [0.15, 0.2) is 17.7 Å². The zero-order valence-electron chi connectivity index (χ0n) is 31.5. The predicted octanol–water partition coefficient (Wildman–Crippen LogP) is -2.73. The van der Waals surface area contributed by atoms with Crippen LogP contribution in [-0.4, -0.2) is 131 Å². The van der Waals surface area contributed by atoms with Crippen molar-refractivity contribution in [1.29, 1.82) is 0 Å². The summed E-state index contributed by atoms with van der Waals surface area (Å²) < 4.78 is 84.1. The van der Waals surface area contributed by atoms with Crippen LogP contribution in [0.3, 0.4) is 0 Å². The van der Waals surface area contributed by atoms with Crippen molar-refractivity contribution in [1.82, 2.24) is 44.8 Å². The van der Waals surface area contributed by atoms with E-state index in [1.807, 2.05) is 4.98 Å². The minimum atomic E-state index is -5.23. The molecule has 0 aliphatic carbocycles. The van der Waals surface area contributed by atoms with Crippen molar-refractivity contribution in [3.05, 3.63) is 68.5 Å². The molecule has 4 aromatic heterocycles. The summed E-state index contributed by atoms with van der Waals surface area (Å²) in [6.07, 6.45) is -10.9. The molecule has 31 nitrogen and oxygen atoms in total. The molecule has 12 atom stereocenters. The molecule has 4 aromatic rings. The monoisotopic (exact) mass is 943 g/mol. The van der Waals surface area contributed by atoms with Crippen LogP contribution in [0, 0.1) is 0 Å². The van der Waals surface area contributed by atoms with Gasteiger partial charge < -0.3 is 61.6 Å². The summed E-state index contributed by atoms with van der Waals surface area (Å²) in [6.45, 7) is -2.66. The average molecular weight is 944 g/mol. The van der Waals surface area contributed by atoms with E-state index in [0.29, 0.717) is 0 Å². The number of imidazole rings is 1. The molecular weight excluding hydrogens is 903 g/mol. The number of rotatable bonds is 16. The molecule has 0 amide bonds. The van der Waals surface area contributed by atoms with Crippen LogP contribution >= 0.6 is 23.5 Å². The number of hydrogen-bond acceptors (Lipinski definition) is 23. The number of aromatic amines is 1. The molecule has 0 spiro atoms. The van der Waals surface area contributed by atoms with E-state index in [2.05, 4.69) is 24.5 Å². The highest BCUT2D eigenvalue weighted by Gasteiger charge is 2.48. The number of hydrogen-bond donors (Lipinski definition) is 10. The summed E-state index contributed by atoms with van der Waals surface area (Å²) in [4.78, 5) is 94.1. The Morgan fingerprint density at radius 2 is 1.34 bits per heavy atom. The maximum atomic E-state index is 13.4. The van der Waals surface area contributed by atoms with Gasteiger partial charge in [0.1, 0.15) is 72.8 Å². The number of aliphatic hydroxyl groups is 2. The highest BCUT2D eigenvalue weighted by atomic mass is 31.2. The van der Waals surface area contributed by atoms with Gasteiger partial charge in [0, 0.05) is 31.3 Å². The topological polar surface area (TPSA) is 467 Å². The maximum Gasteiger partial charge on any atom is 0.472 e. The number of H-pyrrole nitrogens is 1. The minimum Gasteiger partial charge on any atom is -0.387 e. The lowest BCUT2D eigenvalue weighted by molar-refractivity contribution is -0.0630. The van der Waals surface area contributed by atoms with E-state index >= 15 is 0 Å². The third-order valence-corrected chi connectivity index (χ3v) is 11.9. The van der Waals surface area contributed by atoms with Gasteiger partial charge in [0.2, 0.25) is 0 Å². The molecule has 3 aliphatic heterocycles. The van der Waals surface area contributed by atoms with Crippen molar-refractivity contribution in [2.75, 3.05) is 31.3 Å². The highest BCUT2D eigenvalue weighted by molar-refractivity contribution is 7.47. The molecule has 0 saturated carbocycles. The molecule has 7 heterocycles. The number of nitrogens with zero attached hydrogens (tertiary/aromatic N) is 7. The van der Waals surface area contributed by atoms with Crippen molar-refractivity contribution in [3.8, 4) is 0 Å². The Morgan fingerprint density at radius 1 is 0.758 bits per heavy atom. The number of nitrogens with two attached hydrogens (primary N) is 2. The van der Waals surface area contributed by atoms with Crippen LogP contribution in [0.1, 0.15) is 31.5 Å². The summed E-state index contributed by atoms with van der Waals surface area (Å²) >= 11 is 0. The van der Waals surface area contributed by atoms with Crippen LogP contribution in [0.4, 0.5) is 11.6 Å². The number of aromatic nitrogens is 8. The van der Waals surface area contributed by atoms with Crippen LogP contribution in [0.5, 0.6) is 0 Å². The van der Waals surface area contributed by atoms with Crippen LogP contribution in [-0.2, 0) is 50.5 Å². The largest absolute Gasteiger partial charge is 0.472 e. The molecule has 342 valence electrons. The number of phosphoric ester groups is 3. The molecule has 0 radical (unpaired) electrons. The lowest BCUT2D eigenvalue weighted by Gasteiger charge is -2.24. The van der Waals surface area contributed by atoms with Gasteiger partial charge in [-0.1, -0.05) is 0 Å². The first-order chi connectivity index (χ1) is 28.7. The van der Waals surface area contributed by atoms with E-state index in [0.717, 1.165) is 27.7 Å². The smallest absolute Gasteiger partial charge is 0.387 e. The summed E-state index contributed by atoms with van der Waals surface area (Å²) in [5.41, 5.74) is 9.16. The SMILES string of the molecule is N.Nc1ccn(C2CC(OP(=O)(O)OCC3OC(n4cnc5c(N)ncnc54)CC3OP(=O)(O)OCC3OC(n4ccc(=O)[nH]c4=O)C(O)C3O)C(COP(=O)(O)O)O2)c(=O)n1. The second-order valence-corrected chi connectivity index (χ2v) is 17.6. The number of ether oxygens (including phenoxy) is 3. The van der Waals surface area contributed by atoms with Gasteiger partial charge in [-0.3, -0.25) is 46.1 Å². The molecular formula is C28H40N11O20P3. The standard InChI is InChI=1S/C28H37N10O20P3.H3N/c29-17-1-3-36(27(42)34-17)19-5-12(14(54-19)7-51-59(44,45)46)57-60(47,48)52-8-15-13(6-20(55-15)38-11-33-21-24(30)31-10-32-25(21)38)58-61(49,50)53-9-16-22(40)23(41)26(56-16)37-4-2-18(39)35-28(37)43;/h1-4,10-16,19-20,22-23,26,40-41H,5-9H2,(H,47,48)(H,49,50)(H2,29,34,42)(H2,30,31,32)(H,35,39,43)(H2,44,45,46);1H3. The second-order valence-electron chi connectivity index (χ2n) is 13.5. The van der Waals surface area contributed by atoms with E-state index in [-0.39, 0.29) is 41.8 Å². The van der Waals surface area contributed by atoms with E-state index < -0.39 is 122 Å². The third kappa shape index (κ3) is 10.8. The summed E-state index contributed by atoms with van der Waals surface area (Å²) in [6, 6.07) is 2.21. The Balaban J connectivity index is 0.00000641. The molecule has 14 N–H and O–H groups in total. The molecule has 7 rings (SSSR count). The van der Waals surface area contributed by atoms with Crippen molar-refractivity contribution >= 4 is 46.3 Å². The Hall–Kier alpha value is -4.20. The first kappa shape index (κ1) is 47.3. The van der Waals surface area contributed by atoms with E-state index in [1.165, 1.54) is 23.2 Å². The zero-order valence-corrected chi connectivity index (χ0v) is 34.2. The zero-order chi connectivity index (χ0) is 44.0. The highest BCUT2D eigenvalue weighted by Crippen LogP contribution is 2.52. The Labute approximate surface area is 345 Å². The number of phosphoric acid groups is 3. The lowest BCUT2D eigenvalue weighted by atomic mass is 10.1. The van der Waals surface area contributed by atoms with Crippen LogP contribution in [0.25, 0.3) is 11.2 Å². The van der Waals surface area contributed by atoms with Gasteiger partial charge in [-0.15, -0.1) is 0 Å². The fourth-order valence-corrected chi connectivity index (χ4v) is 8.88. The Morgan fingerprint density at radius 3 is 1.94 bits per heavy atom. The molecule has 3 saturated heterocycles. The first-order valence-electron chi connectivity index (χ1n) is 17.6. The number of anilines is 2. The molecule has 3 aliphatic rings. The maximum absolute atomic E-state index is 13.4. The number of aliphatic hydroxyl groups excluding tert-OH is 2. The van der Waals surface area contributed by atoms with Crippen molar-refractivity contribution in [3.63, 3.8) is 0 Å². The summed E-state index contributed by atoms with van der Waals surface area (Å²) in [5, 5.41) is 21.1. The van der Waals surface area contributed by atoms with E-state index in [4.69, 9.17) is 43.8 Å². The number of fused-ring (bicyclic) bond motifs is 1. The van der Waals surface area contributed by atoms with Gasteiger partial charge in [0.25, 0.3) is 5.56 Å². The Bertz CT molecular complexity index is 2570. The number of nitrogen functional groups attached to an aromatic ring is 2. The van der Waals surface area contributed by atoms with Crippen LogP contribution in [0.15, 0.2) is 51.6 Å². The van der Waals surface area contributed by atoms with Crippen molar-refractivity contribution < 1.29 is 80.3 Å². The van der Waals surface area contributed by atoms with Crippen LogP contribution in [0.2, 0.25) is 0 Å². The fourth-order valence-electron chi connectivity index (χ4n) is 6.62. The molecule has 12 unspecified atom stereocenters. The van der Waals surface area contributed by atoms with Gasteiger partial charge in [-0.25, -0.2) is 38.2 Å². The lowest BCUT2D eigenvalue weighted by Crippen LogP contribution is -2.37. The first-order valence-corrected chi connectivity index (χ1v) is 22.1. The van der Waals surface area contributed by atoms with Crippen molar-refractivity contribution in [2.45, 2.75) is 74.3 Å². The van der Waals surface area contributed by atoms with Gasteiger partial charge >= 0.3 is 34.8 Å². The van der Waals surface area contributed by atoms with Gasteiger partial charge in [-0.2, -0.15) is 4.98 Å². The predicted molar refractivity (Wildman–Crippen MR) is 201 cm³/mol. The van der Waals surface area contributed by atoms with E-state index in [9.17, 15) is 57.9 Å². The van der Waals surface area contributed by atoms with Crippen molar-refractivity contribution in [2.24, 2.45) is 0 Å². The minimum absolute atomic E-state index is 0. The van der Waals surface area contributed by atoms with Crippen LogP contribution < -0.4 is 34.6 Å². The fraction of sp³-hybridized carbons (Fsp3) is 0.536. The third-order valence-electron chi connectivity index (χ3n) is 9.43. The molecule has 0 bridgehead atoms. The Kier molecular flexibility index (Phi) is 14.1. The summed E-state index contributed by atoms with van der Waals surface area (Å²) in [7, 11) is -15.5. The molecule has 62 heavy (non-hydrogen) atoms. The second kappa shape index (κ2) is 18.5. The van der Waals surface area contributed by atoms with Gasteiger partial charge in [0.05, 0.1) is 26.1 Å². The normalized spacial score (nSPS) is 29.6. The quantitative estimate of drug-likeness (QED) is 0.0510. The van der Waals surface area contributed by atoms with E-state index in [1.54, 1.807) is 0 Å². The summed E-state index contributed by atoms with van der Waals surface area (Å²) in [5.74, 6) is -0.115. The number of nitrogens with one attached hydrogen (secondary N) is 1. The molecule has 0 aromatic carbocycles. The molecule has 34 heteroatoms. The molecule has 3 fully saturated rings. The van der Waals surface area contributed by atoms with Gasteiger partial charge in [-0.05, 0) is 6.07 Å². The average Bonchev–Trinajstić information content (AvgIpc) is 3.94.